The largest absolute Gasteiger partial charge is 0.261 e. The van der Waals surface area contributed by atoms with Gasteiger partial charge in [-0.1, -0.05) is 45.6 Å². The highest BCUT2D eigenvalue weighted by atomic mass is 14.7. The van der Waals surface area contributed by atoms with Gasteiger partial charge in [0.15, 0.2) is 0 Å². The lowest BCUT2D eigenvalue weighted by molar-refractivity contribution is 0.301. The Bertz CT molecular complexity index is 461. The zero-order chi connectivity index (χ0) is 16.8. The second-order valence-electron chi connectivity index (χ2n) is 8.50. The van der Waals surface area contributed by atoms with Crippen molar-refractivity contribution in [3.8, 4) is 0 Å². The summed E-state index contributed by atoms with van der Waals surface area (Å²) in [5, 5.41) is 0. The predicted molar refractivity (Wildman–Crippen MR) is 103 cm³/mol. The Labute approximate surface area is 149 Å². The highest BCUT2D eigenvalue weighted by Gasteiger charge is 2.24. The van der Waals surface area contributed by atoms with Crippen LogP contribution in [0.25, 0.3) is 0 Å². The van der Waals surface area contributed by atoms with Crippen LogP contribution in [0.2, 0.25) is 0 Å². The minimum absolute atomic E-state index is 0.729. The Kier molecular flexibility index (Phi) is 6.75. The summed E-state index contributed by atoms with van der Waals surface area (Å²) >= 11 is 0. The van der Waals surface area contributed by atoms with Crippen LogP contribution in [-0.4, -0.2) is 4.98 Å². The van der Waals surface area contributed by atoms with Crippen molar-refractivity contribution < 1.29 is 0 Å². The average Bonchev–Trinajstić information content (AvgIpc) is 2.67. The van der Waals surface area contributed by atoms with Gasteiger partial charge in [0.05, 0.1) is 0 Å². The summed E-state index contributed by atoms with van der Waals surface area (Å²) in [6.45, 7) is 4.66. The molecule has 2 fully saturated rings. The molecule has 0 spiro atoms. The van der Waals surface area contributed by atoms with E-state index in [1.165, 1.54) is 88.3 Å². The number of pyridine rings is 1. The van der Waals surface area contributed by atoms with Crippen LogP contribution in [0.5, 0.6) is 0 Å². The molecule has 0 saturated heterocycles. The number of hydrogen-bond donors (Lipinski definition) is 0. The van der Waals surface area contributed by atoms with Crippen LogP contribution in [0.15, 0.2) is 18.3 Å². The van der Waals surface area contributed by atoms with Gasteiger partial charge in [0.25, 0.3) is 0 Å². The summed E-state index contributed by atoms with van der Waals surface area (Å²) < 4.78 is 0. The molecule has 24 heavy (non-hydrogen) atoms. The molecule has 0 amide bonds. The molecule has 1 heterocycles. The summed E-state index contributed by atoms with van der Waals surface area (Å²) in [7, 11) is 0. The van der Waals surface area contributed by atoms with E-state index in [4.69, 9.17) is 4.98 Å². The summed E-state index contributed by atoms with van der Waals surface area (Å²) in [6, 6.07) is 4.76. The first-order valence-electron chi connectivity index (χ1n) is 10.8. The molecular formula is C23H37N. The predicted octanol–water partition coefficient (Wildman–Crippen LogP) is 7.23. The maximum Gasteiger partial charge on any atom is 0.0434 e. The molecule has 0 atom stereocenters. The van der Waals surface area contributed by atoms with Gasteiger partial charge < -0.3 is 0 Å². The molecule has 1 aromatic rings. The van der Waals surface area contributed by atoms with Crippen molar-refractivity contribution in [2.45, 2.75) is 103 Å². The minimum atomic E-state index is 0.729. The SMILES string of the molecule is CCCCC1CCC(c2ccc(C3CCC(CC)CC3)cn2)CC1. The first kappa shape index (κ1) is 18.0. The van der Waals surface area contributed by atoms with Crippen molar-refractivity contribution in [1.82, 2.24) is 4.98 Å². The molecule has 134 valence electrons. The molecule has 0 radical (unpaired) electrons. The highest BCUT2D eigenvalue weighted by molar-refractivity contribution is 5.21. The maximum atomic E-state index is 4.90. The first-order chi connectivity index (χ1) is 11.8. The molecule has 2 aliphatic rings. The number of rotatable bonds is 6. The van der Waals surface area contributed by atoms with Crippen molar-refractivity contribution in [1.29, 1.82) is 0 Å². The summed E-state index contributed by atoms with van der Waals surface area (Å²) in [4.78, 5) is 4.90. The fourth-order valence-electron chi connectivity index (χ4n) is 5.04. The van der Waals surface area contributed by atoms with Gasteiger partial charge in [0, 0.05) is 17.8 Å². The van der Waals surface area contributed by atoms with E-state index >= 15 is 0 Å². The van der Waals surface area contributed by atoms with E-state index in [1.54, 1.807) is 0 Å². The van der Waals surface area contributed by atoms with E-state index in [0.29, 0.717) is 0 Å². The van der Waals surface area contributed by atoms with E-state index in [1.807, 2.05) is 0 Å². The van der Waals surface area contributed by atoms with Crippen LogP contribution in [0, 0.1) is 11.8 Å². The first-order valence-corrected chi connectivity index (χ1v) is 10.8. The quantitative estimate of drug-likeness (QED) is 0.537. The van der Waals surface area contributed by atoms with E-state index in [2.05, 4.69) is 32.2 Å². The minimum Gasteiger partial charge on any atom is -0.261 e. The Morgan fingerprint density at radius 3 is 2.08 bits per heavy atom. The number of aromatic nitrogens is 1. The molecule has 0 aromatic carbocycles. The van der Waals surface area contributed by atoms with E-state index in [9.17, 15) is 0 Å². The molecule has 0 aliphatic heterocycles. The third-order valence-corrected chi connectivity index (χ3v) is 6.94. The molecule has 0 bridgehead atoms. The number of nitrogens with zero attached hydrogens (tertiary/aromatic N) is 1. The van der Waals surface area contributed by atoms with Crippen molar-refractivity contribution in [2.24, 2.45) is 11.8 Å². The lowest BCUT2D eigenvalue weighted by atomic mass is 9.77. The summed E-state index contributed by atoms with van der Waals surface area (Å²) in [5.74, 6) is 3.48. The Balaban J connectivity index is 1.50. The van der Waals surface area contributed by atoms with Crippen molar-refractivity contribution in [3.05, 3.63) is 29.6 Å². The van der Waals surface area contributed by atoms with Gasteiger partial charge >= 0.3 is 0 Å². The van der Waals surface area contributed by atoms with Gasteiger partial charge in [-0.15, -0.1) is 0 Å². The van der Waals surface area contributed by atoms with Gasteiger partial charge in [0.2, 0.25) is 0 Å². The topological polar surface area (TPSA) is 12.9 Å². The second-order valence-corrected chi connectivity index (χ2v) is 8.50. The third kappa shape index (κ3) is 4.61. The lowest BCUT2D eigenvalue weighted by Gasteiger charge is -2.29. The van der Waals surface area contributed by atoms with Crippen LogP contribution in [0.4, 0.5) is 0 Å². The lowest BCUT2D eigenvalue weighted by Crippen LogP contribution is -2.15. The Morgan fingerprint density at radius 1 is 0.833 bits per heavy atom. The fraction of sp³-hybridized carbons (Fsp3) is 0.783. The van der Waals surface area contributed by atoms with Crippen LogP contribution in [-0.2, 0) is 0 Å². The van der Waals surface area contributed by atoms with Crippen molar-refractivity contribution in [2.75, 3.05) is 0 Å². The summed E-state index contributed by atoms with van der Waals surface area (Å²) in [5.41, 5.74) is 2.87. The fourth-order valence-corrected chi connectivity index (χ4v) is 5.04. The van der Waals surface area contributed by atoms with Crippen molar-refractivity contribution >= 4 is 0 Å². The zero-order valence-electron chi connectivity index (χ0n) is 16.0. The van der Waals surface area contributed by atoms with Gasteiger partial charge in [0.1, 0.15) is 0 Å². The zero-order valence-corrected chi connectivity index (χ0v) is 16.0. The van der Waals surface area contributed by atoms with Gasteiger partial charge in [-0.3, -0.25) is 4.98 Å². The van der Waals surface area contributed by atoms with Gasteiger partial charge in [-0.2, -0.15) is 0 Å². The molecule has 2 saturated carbocycles. The number of unbranched alkanes of at least 4 members (excludes halogenated alkanes) is 1. The third-order valence-electron chi connectivity index (χ3n) is 6.94. The molecule has 3 rings (SSSR count). The molecule has 1 heteroatoms. The van der Waals surface area contributed by atoms with E-state index in [0.717, 1.165) is 23.7 Å². The molecule has 1 aromatic heterocycles. The molecule has 0 unspecified atom stereocenters. The van der Waals surface area contributed by atoms with Crippen LogP contribution in [0.1, 0.15) is 114 Å². The molecule has 1 nitrogen and oxygen atoms in total. The van der Waals surface area contributed by atoms with Gasteiger partial charge in [-0.05, 0) is 80.8 Å². The number of hydrogen-bond acceptors (Lipinski definition) is 1. The smallest absolute Gasteiger partial charge is 0.0434 e. The average molecular weight is 328 g/mol. The van der Waals surface area contributed by atoms with Crippen LogP contribution < -0.4 is 0 Å². The molecule has 2 aliphatic carbocycles. The summed E-state index contributed by atoms with van der Waals surface area (Å²) in [6.07, 6.45) is 19.0. The maximum absolute atomic E-state index is 4.90. The second kappa shape index (κ2) is 9.02. The van der Waals surface area contributed by atoms with Crippen molar-refractivity contribution in [3.63, 3.8) is 0 Å². The van der Waals surface area contributed by atoms with Crippen LogP contribution in [0.3, 0.4) is 0 Å². The van der Waals surface area contributed by atoms with E-state index in [-0.39, 0.29) is 0 Å². The molecule has 0 N–H and O–H groups in total. The normalized spacial score (nSPS) is 31.1. The van der Waals surface area contributed by atoms with Crippen LogP contribution >= 0.6 is 0 Å². The van der Waals surface area contributed by atoms with Gasteiger partial charge in [-0.25, -0.2) is 0 Å². The highest BCUT2D eigenvalue weighted by Crippen LogP contribution is 2.39. The monoisotopic (exact) mass is 327 g/mol. The standard InChI is InChI=1S/C23H37N/c1-3-5-6-19-9-13-21(14-10-19)23-16-15-22(17-24-23)20-11-7-18(4-2)8-12-20/h15-21H,3-14H2,1-2H3. The Morgan fingerprint density at radius 2 is 1.50 bits per heavy atom. The molecular weight excluding hydrogens is 290 g/mol. The Hall–Kier alpha value is -0.850. The van der Waals surface area contributed by atoms with E-state index < -0.39 is 0 Å².